The third-order valence-electron chi connectivity index (χ3n) is 5.66. The van der Waals surface area contributed by atoms with Gasteiger partial charge in [0, 0.05) is 0 Å². The number of para-hydroxylation sites is 1. The van der Waals surface area contributed by atoms with Crippen LogP contribution in [0.2, 0.25) is 0 Å². The molecule has 0 saturated heterocycles. The van der Waals surface area contributed by atoms with Crippen LogP contribution in [0.1, 0.15) is 75.2 Å². The van der Waals surface area contributed by atoms with Crippen LogP contribution in [0.4, 0.5) is 5.69 Å². The third-order valence-corrected chi connectivity index (χ3v) is 11.0. The van der Waals surface area contributed by atoms with Crippen molar-refractivity contribution in [3.63, 3.8) is 0 Å². The fourth-order valence-electron chi connectivity index (χ4n) is 3.93. The molecule has 0 aliphatic carbocycles. The molecule has 160 valence electrons. The molecule has 0 unspecified atom stereocenters. The molecule has 0 heterocycles. The zero-order valence-electron chi connectivity index (χ0n) is 18.5. The van der Waals surface area contributed by atoms with Crippen molar-refractivity contribution in [2.45, 2.75) is 66.2 Å². The van der Waals surface area contributed by atoms with Crippen LogP contribution >= 0.6 is 7.26 Å². The summed E-state index contributed by atoms with van der Waals surface area (Å²) in [6.45, 7) is 8.61. The summed E-state index contributed by atoms with van der Waals surface area (Å²) >= 11 is 0. The molecule has 1 N–H and O–H groups in total. The van der Waals surface area contributed by atoms with E-state index in [0.717, 1.165) is 5.56 Å². The minimum atomic E-state index is -1.67. The Balaban J connectivity index is 3.05. The van der Waals surface area contributed by atoms with Gasteiger partial charge in [0.15, 0.2) is 0 Å². The summed E-state index contributed by atoms with van der Waals surface area (Å²) in [5.41, 5.74) is 1.92. The van der Waals surface area contributed by atoms with Gasteiger partial charge in [0.25, 0.3) is 0 Å². The van der Waals surface area contributed by atoms with Crippen LogP contribution in [-0.2, 0) is 9.53 Å². The second-order valence-electron chi connectivity index (χ2n) is 8.02. The number of hydrogen-bond donors (Lipinski definition) is 1. The number of methoxy groups -OCH3 is 1. The Hall–Kier alpha value is -1.41. The van der Waals surface area contributed by atoms with E-state index in [1.165, 1.54) is 64.1 Å². The molecule has 1 rings (SSSR count). The van der Waals surface area contributed by atoms with Crippen LogP contribution in [0.25, 0.3) is 0 Å². The standard InChI is InChI=1S/C23H40NO3P/c1-6-9-15-28(16-10-7-2,17-11-8-3)18-21(25)24-22-19(4)13-12-14-20(22)23(26)27-5/h12-14,28H,6-11,15-18H2,1-5H3,(H,24,25). The number of esters is 1. The summed E-state index contributed by atoms with van der Waals surface area (Å²) in [7, 11) is -0.304. The number of anilines is 1. The first-order chi connectivity index (χ1) is 13.4. The molecule has 0 aliphatic rings. The number of rotatable bonds is 13. The van der Waals surface area contributed by atoms with Gasteiger partial charge < -0.3 is 0 Å². The van der Waals surface area contributed by atoms with Crippen molar-refractivity contribution in [3.05, 3.63) is 29.3 Å². The number of ether oxygens (including phenoxy) is 1. The van der Waals surface area contributed by atoms with Crippen molar-refractivity contribution in [2.75, 3.05) is 37.1 Å². The van der Waals surface area contributed by atoms with Crippen molar-refractivity contribution >= 4 is 24.8 Å². The van der Waals surface area contributed by atoms with E-state index in [1.807, 2.05) is 19.1 Å². The number of amides is 1. The van der Waals surface area contributed by atoms with Gasteiger partial charge in [0.1, 0.15) is 0 Å². The maximum absolute atomic E-state index is 13.1. The first-order valence-corrected chi connectivity index (χ1v) is 13.7. The molecule has 5 heteroatoms. The van der Waals surface area contributed by atoms with Crippen molar-refractivity contribution in [2.24, 2.45) is 0 Å². The summed E-state index contributed by atoms with van der Waals surface area (Å²) in [5.74, 6) is -0.347. The van der Waals surface area contributed by atoms with E-state index in [9.17, 15) is 9.59 Å². The predicted molar refractivity (Wildman–Crippen MR) is 124 cm³/mol. The normalized spacial score (nSPS) is 11.9. The van der Waals surface area contributed by atoms with Crippen LogP contribution in [0, 0.1) is 6.92 Å². The molecule has 0 atom stereocenters. The van der Waals surface area contributed by atoms with Gasteiger partial charge in [-0.05, 0) is 0 Å². The van der Waals surface area contributed by atoms with E-state index in [-0.39, 0.29) is 5.91 Å². The Morgan fingerprint density at radius 1 is 0.964 bits per heavy atom. The van der Waals surface area contributed by atoms with E-state index in [2.05, 4.69) is 26.1 Å². The molecular formula is C23H40NO3P. The molecule has 1 amide bonds. The van der Waals surface area contributed by atoms with Crippen LogP contribution in [0.3, 0.4) is 0 Å². The van der Waals surface area contributed by atoms with Crippen LogP contribution in [0.15, 0.2) is 18.2 Å². The van der Waals surface area contributed by atoms with Crippen molar-refractivity contribution < 1.29 is 14.3 Å². The number of benzene rings is 1. The molecule has 1 aromatic rings. The minimum absolute atomic E-state index is 0.0643. The van der Waals surface area contributed by atoms with Crippen molar-refractivity contribution in [1.82, 2.24) is 0 Å². The van der Waals surface area contributed by atoms with Gasteiger partial charge in [-0.2, -0.15) is 0 Å². The van der Waals surface area contributed by atoms with Gasteiger partial charge in [-0.3, -0.25) is 0 Å². The average Bonchev–Trinajstić information content (AvgIpc) is 2.69. The first-order valence-electron chi connectivity index (χ1n) is 10.9. The Bertz CT molecular complexity index is 608. The molecule has 0 bridgehead atoms. The van der Waals surface area contributed by atoms with Crippen LogP contribution in [0.5, 0.6) is 0 Å². The van der Waals surface area contributed by atoms with E-state index in [4.69, 9.17) is 4.74 Å². The van der Waals surface area contributed by atoms with Crippen LogP contribution < -0.4 is 5.32 Å². The fourth-order valence-corrected chi connectivity index (χ4v) is 9.29. The molecule has 0 fully saturated rings. The molecule has 0 aromatic heterocycles. The second kappa shape index (κ2) is 12.9. The van der Waals surface area contributed by atoms with Gasteiger partial charge in [-0.15, -0.1) is 0 Å². The van der Waals surface area contributed by atoms with Crippen molar-refractivity contribution in [1.29, 1.82) is 0 Å². The maximum atomic E-state index is 13.1. The Labute approximate surface area is 172 Å². The number of nitrogens with one attached hydrogen (secondary N) is 1. The summed E-state index contributed by atoms with van der Waals surface area (Å²) in [5, 5.41) is 3.07. The Morgan fingerprint density at radius 3 is 1.96 bits per heavy atom. The molecule has 0 radical (unpaired) electrons. The van der Waals surface area contributed by atoms with Crippen molar-refractivity contribution in [3.8, 4) is 0 Å². The number of carbonyl (C=O) groups is 2. The van der Waals surface area contributed by atoms with Crippen LogP contribution in [-0.4, -0.2) is 43.6 Å². The van der Waals surface area contributed by atoms with Gasteiger partial charge >= 0.3 is 172 Å². The molecule has 0 aliphatic heterocycles. The van der Waals surface area contributed by atoms with E-state index < -0.39 is 13.2 Å². The fraction of sp³-hybridized carbons (Fsp3) is 0.652. The number of unbranched alkanes of at least 4 members (excludes halogenated alkanes) is 3. The number of aryl methyl sites for hydroxylation is 1. The molecule has 28 heavy (non-hydrogen) atoms. The average molecular weight is 410 g/mol. The number of hydrogen-bond acceptors (Lipinski definition) is 3. The van der Waals surface area contributed by atoms with Gasteiger partial charge in [-0.25, -0.2) is 0 Å². The Morgan fingerprint density at radius 2 is 1.50 bits per heavy atom. The molecule has 1 aromatic carbocycles. The summed E-state index contributed by atoms with van der Waals surface area (Å²) in [4.78, 5) is 25.2. The van der Waals surface area contributed by atoms with Gasteiger partial charge in [0.05, 0.1) is 0 Å². The second-order valence-corrected chi connectivity index (χ2v) is 12.9. The Kier molecular flexibility index (Phi) is 11.4. The molecule has 0 spiro atoms. The topological polar surface area (TPSA) is 55.4 Å². The van der Waals surface area contributed by atoms with E-state index in [0.29, 0.717) is 17.4 Å². The van der Waals surface area contributed by atoms with Gasteiger partial charge in [0.2, 0.25) is 0 Å². The zero-order chi connectivity index (χ0) is 21.0. The summed E-state index contributed by atoms with van der Waals surface area (Å²) < 4.78 is 4.89. The molecule has 4 nitrogen and oxygen atoms in total. The SMILES string of the molecule is CCCC[PH](CCCC)(CCCC)CC(=O)Nc1c(C)cccc1C(=O)OC. The number of carbonyl (C=O) groups excluding carboxylic acids is 2. The van der Waals surface area contributed by atoms with Gasteiger partial charge in [-0.1, -0.05) is 0 Å². The summed E-state index contributed by atoms with van der Waals surface area (Å²) in [6.07, 6.45) is 11.5. The molecule has 0 saturated carbocycles. The van der Waals surface area contributed by atoms with E-state index >= 15 is 0 Å². The predicted octanol–water partition coefficient (Wildman–Crippen LogP) is 5.87. The monoisotopic (exact) mass is 409 g/mol. The van der Waals surface area contributed by atoms with E-state index in [1.54, 1.807) is 6.07 Å². The zero-order valence-corrected chi connectivity index (χ0v) is 19.5. The third kappa shape index (κ3) is 7.54. The summed E-state index contributed by atoms with van der Waals surface area (Å²) in [6, 6.07) is 5.45. The quantitative estimate of drug-likeness (QED) is 0.327. The molecular weight excluding hydrogens is 369 g/mol. The first kappa shape index (κ1) is 24.6.